The lowest BCUT2D eigenvalue weighted by Crippen LogP contribution is -2.38. The van der Waals surface area contributed by atoms with Crippen molar-refractivity contribution in [3.63, 3.8) is 0 Å². The average Bonchev–Trinajstić information content (AvgIpc) is 3.24. The second kappa shape index (κ2) is 13.2. The molecular weight excluding hydrogens is 704 g/mol. The van der Waals surface area contributed by atoms with Crippen molar-refractivity contribution in [3.05, 3.63) is 227 Å². The van der Waals surface area contributed by atoms with Crippen LogP contribution in [0.4, 0.5) is 34.1 Å². The van der Waals surface area contributed by atoms with E-state index in [0.29, 0.717) is 0 Å². The SMILES string of the molecule is Cc1ccc2c(c1)C(c1ccccc1)(c1ccccc1)c1cc(C)ccc1N2c1ccc2c(c1)N(c1ccccc1)c1ccccc1P2(=S)C1=CCCC=C1. The van der Waals surface area contributed by atoms with Gasteiger partial charge in [0.05, 0.1) is 28.2 Å². The summed E-state index contributed by atoms with van der Waals surface area (Å²) in [4.78, 5) is 4.95. The minimum Gasteiger partial charge on any atom is -0.310 e. The molecule has 0 saturated heterocycles. The van der Waals surface area contributed by atoms with Gasteiger partial charge in [-0.05, 0) is 103 Å². The molecular formula is C51H41N2PS. The van der Waals surface area contributed by atoms with Crippen LogP contribution in [0.25, 0.3) is 0 Å². The maximum Gasteiger partial charge on any atom is 0.0742 e. The first-order valence-electron chi connectivity index (χ1n) is 19.2. The predicted octanol–water partition coefficient (Wildman–Crippen LogP) is 12.9. The molecule has 3 aliphatic rings. The monoisotopic (exact) mass is 744 g/mol. The lowest BCUT2D eigenvalue weighted by molar-refractivity contribution is 0.729. The van der Waals surface area contributed by atoms with Crippen molar-refractivity contribution in [2.24, 2.45) is 0 Å². The third-order valence-electron chi connectivity index (χ3n) is 11.6. The van der Waals surface area contributed by atoms with Crippen molar-refractivity contribution in [2.75, 3.05) is 9.80 Å². The van der Waals surface area contributed by atoms with Crippen LogP contribution in [-0.2, 0) is 17.2 Å². The topological polar surface area (TPSA) is 6.48 Å². The van der Waals surface area contributed by atoms with Gasteiger partial charge in [0.25, 0.3) is 0 Å². The number of nitrogens with zero attached hydrogens (tertiary/aromatic N) is 2. The largest absolute Gasteiger partial charge is 0.310 e. The normalized spacial score (nSPS) is 17.7. The molecule has 55 heavy (non-hydrogen) atoms. The Morgan fingerprint density at radius 1 is 0.491 bits per heavy atom. The van der Waals surface area contributed by atoms with Crippen LogP contribution in [0, 0.1) is 13.8 Å². The third kappa shape index (κ3) is 5.11. The van der Waals surface area contributed by atoms with Gasteiger partial charge in [0.15, 0.2) is 0 Å². The Labute approximate surface area is 329 Å². The van der Waals surface area contributed by atoms with Crippen molar-refractivity contribution in [2.45, 2.75) is 32.1 Å². The highest BCUT2D eigenvalue weighted by Crippen LogP contribution is 2.63. The molecule has 0 N–H and O–H groups in total. The van der Waals surface area contributed by atoms with Crippen molar-refractivity contribution >= 4 is 62.6 Å². The van der Waals surface area contributed by atoms with E-state index in [1.54, 1.807) is 0 Å². The number of fused-ring (bicyclic) bond motifs is 4. The summed E-state index contributed by atoms with van der Waals surface area (Å²) in [7, 11) is 0. The van der Waals surface area contributed by atoms with E-state index in [4.69, 9.17) is 11.8 Å². The summed E-state index contributed by atoms with van der Waals surface area (Å²) in [6.45, 7) is 4.43. The lowest BCUT2D eigenvalue weighted by Gasteiger charge is -2.47. The molecule has 0 aromatic heterocycles. The number of benzene rings is 7. The van der Waals surface area contributed by atoms with Crippen LogP contribution in [0.2, 0.25) is 0 Å². The van der Waals surface area contributed by atoms with E-state index in [2.05, 4.69) is 212 Å². The van der Waals surface area contributed by atoms with Crippen LogP contribution < -0.4 is 20.4 Å². The Hall–Kier alpha value is -5.73. The second-order valence-electron chi connectivity index (χ2n) is 14.9. The molecule has 1 aliphatic carbocycles. The summed E-state index contributed by atoms with van der Waals surface area (Å²) in [6.07, 6.45) is 9.10. The summed E-state index contributed by atoms with van der Waals surface area (Å²) in [5, 5.41) is 3.78. The second-order valence-corrected chi connectivity index (χ2v) is 19.3. The molecule has 1 unspecified atom stereocenters. The fourth-order valence-electron chi connectivity index (χ4n) is 9.25. The van der Waals surface area contributed by atoms with Gasteiger partial charge in [0.1, 0.15) is 0 Å². The number of para-hydroxylation sites is 2. The molecule has 1 atom stereocenters. The molecule has 0 fully saturated rings. The molecule has 7 aromatic rings. The standard InChI is InChI=1S/C51H41N2PS/c1-36-27-30-45-43(33-36)51(38-17-7-3-8-18-38,39-19-9-4-10-20-39)44-34-37(2)28-31-46(44)53(45)41-29-32-50-48(35-41)52(40-21-11-5-12-22-40)47-25-15-16-26-49(47)54(50,55)42-23-13-6-14-24-42/h3-5,7-13,15-35H,6,14H2,1-2H3. The van der Waals surface area contributed by atoms with E-state index >= 15 is 0 Å². The van der Waals surface area contributed by atoms with E-state index < -0.39 is 11.5 Å². The first kappa shape index (κ1) is 33.8. The Balaban J connectivity index is 1.28. The molecule has 0 amide bonds. The highest BCUT2D eigenvalue weighted by Gasteiger charge is 2.47. The molecule has 266 valence electrons. The van der Waals surface area contributed by atoms with Gasteiger partial charge in [0.2, 0.25) is 0 Å². The molecule has 2 aliphatic heterocycles. The summed E-state index contributed by atoms with van der Waals surface area (Å²) in [5.41, 5.74) is 13.9. The first-order valence-corrected chi connectivity index (χ1v) is 22.0. The number of anilines is 6. The fourth-order valence-corrected chi connectivity index (χ4v) is 13.7. The number of hydrogen-bond donors (Lipinski definition) is 0. The molecule has 0 radical (unpaired) electrons. The Morgan fingerprint density at radius 2 is 1.04 bits per heavy atom. The van der Waals surface area contributed by atoms with Gasteiger partial charge in [-0.1, -0.05) is 162 Å². The quantitative estimate of drug-likeness (QED) is 0.162. The van der Waals surface area contributed by atoms with Crippen LogP contribution in [0.3, 0.4) is 0 Å². The zero-order chi connectivity index (χ0) is 37.1. The van der Waals surface area contributed by atoms with E-state index in [1.165, 1.54) is 66.4 Å². The molecule has 4 heteroatoms. The fraction of sp³-hybridized carbons (Fsp3) is 0.0980. The molecule has 0 bridgehead atoms. The zero-order valence-electron chi connectivity index (χ0n) is 31.1. The smallest absolute Gasteiger partial charge is 0.0742 e. The Morgan fingerprint density at radius 3 is 1.64 bits per heavy atom. The number of allylic oxidation sites excluding steroid dienone is 4. The van der Waals surface area contributed by atoms with Gasteiger partial charge in [-0.2, -0.15) is 0 Å². The first-order chi connectivity index (χ1) is 27.0. The molecule has 7 aromatic carbocycles. The van der Waals surface area contributed by atoms with Crippen molar-refractivity contribution in [3.8, 4) is 0 Å². The maximum absolute atomic E-state index is 7.03. The van der Waals surface area contributed by atoms with E-state index in [-0.39, 0.29) is 0 Å². The van der Waals surface area contributed by atoms with Crippen molar-refractivity contribution in [1.29, 1.82) is 0 Å². The van der Waals surface area contributed by atoms with Gasteiger partial charge in [0, 0.05) is 28.0 Å². The predicted molar refractivity (Wildman–Crippen MR) is 237 cm³/mol. The maximum atomic E-state index is 7.03. The molecule has 0 saturated carbocycles. The van der Waals surface area contributed by atoms with Crippen LogP contribution in [0.15, 0.2) is 193 Å². The number of hydrogen-bond acceptors (Lipinski definition) is 3. The summed E-state index contributed by atoms with van der Waals surface area (Å²) in [5.74, 6) is 0. The van der Waals surface area contributed by atoms with Crippen LogP contribution in [0.5, 0.6) is 0 Å². The lowest BCUT2D eigenvalue weighted by atomic mass is 9.62. The molecule has 0 spiro atoms. The van der Waals surface area contributed by atoms with E-state index in [1.807, 2.05) is 0 Å². The molecule has 2 nitrogen and oxygen atoms in total. The van der Waals surface area contributed by atoms with Crippen LogP contribution in [0.1, 0.15) is 46.2 Å². The van der Waals surface area contributed by atoms with Gasteiger partial charge in [-0.3, -0.25) is 0 Å². The van der Waals surface area contributed by atoms with Crippen molar-refractivity contribution in [1.82, 2.24) is 0 Å². The van der Waals surface area contributed by atoms with Crippen LogP contribution >= 0.6 is 6.04 Å². The molecule has 10 rings (SSSR count). The Bertz CT molecular complexity index is 2620. The summed E-state index contributed by atoms with van der Waals surface area (Å²) < 4.78 is 0. The van der Waals surface area contributed by atoms with Crippen LogP contribution in [-0.4, -0.2) is 0 Å². The van der Waals surface area contributed by atoms with E-state index in [9.17, 15) is 0 Å². The minimum atomic E-state index is -2.39. The van der Waals surface area contributed by atoms with Gasteiger partial charge in [-0.25, -0.2) is 0 Å². The highest BCUT2D eigenvalue weighted by molar-refractivity contribution is 8.24. The molecule has 2 heterocycles. The number of rotatable bonds is 5. The van der Waals surface area contributed by atoms with Gasteiger partial charge < -0.3 is 9.80 Å². The minimum absolute atomic E-state index is 0.536. The van der Waals surface area contributed by atoms with Gasteiger partial charge >= 0.3 is 0 Å². The van der Waals surface area contributed by atoms with E-state index in [0.717, 1.165) is 29.9 Å². The van der Waals surface area contributed by atoms with Crippen molar-refractivity contribution < 1.29 is 0 Å². The number of aryl methyl sites for hydroxylation is 2. The van der Waals surface area contributed by atoms with Gasteiger partial charge in [-0.15, -0.1) is 0 Å². The Kier molecular flexibility index (Phi) is 8.14. The highest BCUT2D eigenvalue weighted by atomic mass is 32.4. The zero-order valence-corrected chi connectivity index (χ0v) is 32.8. The summed E-state index contributed by atoms with van der Waals surface area (Å²) >= 11 is 7.03. The third-order valence-corrected chi connectivity index (χ3v) is 16.6. The average molecular weight is 745 g/mol. The summed E-state index contributed by atoms with van der Waals surface area (Å²) in [6, 6.07) is 60.5.